The Hall–Kier alpha value is -1.79. The Morgan fingerprint density at radius 1 is 1.21 bits per heavy atom. The second-order valence-electron chi connectivity index (χ2n) is 8.14. The van der Waals surface area contributed by atoms with Crippen molar-refractivity contribution < 1.29 is 9.53 Å². The van der Waals surface area contributed by atoms with Gasteiger partial charge in [0.25, 0.3) is 0 Å². The Balaban J connectivity index is 1.49. The lowest BCUT2D eigenvalue weighted by atomic mass is 9.95. The van der Waals surface area contributed by atoms with Gasteiger partial charge in [0.1, 0.15) is 0 Å². The van der Waals surface area contributed by atoms with E-state index in [4.69, 9.17) is 9.72 Å². The van der Waals surface area contributed by atoms with Crippen LogP contribution in [0.1, 0.15) is 51.9 Å². The summed E-state index contributed by atoms with van der Waals surface area (Å²) in [5.74, 6) is 0.120. The van der Waals surface area contributed by atoms with Crippen LogP contribution in [-0.2, 0) is 16.1 Å². The molecular formula is C23H31N3O2S. The van der Waals surface area contributed by atoms with Crippen LogP contribution in [0.15, 0.2) is 41.7 Å². The average Bonchev–Trinajstić information content (AvgIpc) is 3.40. The summed E-state index contributed by atoms with van der Waals surface area (Å²) < 4.78 is 8.12. The molecule has 156 valence electrons. The lowest BCUT2D eigenvalue weighted by molar-refractivity contribution is -0.121. The summed E-state index contributed by atoms with van der Waals surface area (Å²) in [5, 5.41) is 3.97. The van der Waals surface area contributed by atoms with Crippen LogP contribution in [0.25, 0.3) is 11.3 Å². The van der Waals surface area contributed by atoms with E-state index in [2.05, 4.69) is 22.0 Å². The van der Waals surface area contributed by atoms with E-state index in [1.165, 1.54) is 19.3 Å². The maximum absolute atomic E-state index is 12.8. The van der Waals surface area contributed by atoms with E-state index in [0.29, 0.717) is 6.04 Å². The van der Waals surface area contributed by atoms with Gasteiger partial charge in [0.2, 0.25) is 5.91 Å². The Kier molecular flexibility index (Phi) is 6.93. The minimum Gasteiger partial charge on any atom is -0.376 e. The average molecular weight is 414 g/mol. The van der Waals surface area contributed by atoms with Crippen molar-refractivity contribution in [3.63, 3.8) is 0 Å². The van der Waals surface area contributed by atoms with Crippen LogP contribution in [0.4, 0.5) is 0 Å². The molecule has 4 rings (SSSR count). The molecule has 1 N–H and O–H groups in total. The molecule has 1 aromatic carbocycles. The molecule has 1 aliphatic heterocycles. The third kappa shape index (κ3) is 5.23. The van der Waals surface area contributed by atoms with Crippen molar-refractivity contribution in [3.05, 3.63) is 36.5 Å². The van der Waals surface area contributed by atoms with E-state index in [1.54, 1.807) is 11.8 Å². The zero-order valence-electron chi connectivity index (χ0n) is 17.2. The first kappa shape index (κ1) is 20.5. The Labute approximate surface area is 177 Å². The third-order valence-electron chi connectivity index (χ3n) is 5.90. The third-order valence-corrected chi connectivity index (χ3v) is 7.01. The first-order valence-corrected chi connectivity index (χ1v) is 11.8. The molecule has 2 aromatic rings. The molecule has 2 heterocycles. The van der Waals surface area contributed by atoms with Crippen LogP contribution in [0, 0.1) is 0 Å². The van der Waals surface area contributed by atoms with Crippen molar-refractivity contribution in [2.45, 2.75) is 81.0 Å². The highest BCUT2D eigenvalue weighted by atomic mass is 32.2. The summed E-state index contributed by atoms with van der Waals surface area (Å²) in [6.45, 7) is 3.60. The fraction of sp³-hybridized carbons (Fsp3) is 0.565. The van der Waals surface area contributed by atoms with Gasteiger partial charge < -0.3 is 14.6 Å². The first-order valence-electron chi connectivity index (χ1n) is 10.9. The van der Waals surface area contributed by atoms with Gasteiger partial charge in [-0.3, -0.25) is 4.79 Å². The lowest BCUT2D eigenvalue weighted by Gasteiger charge is -2.24. The number of amides is 1. The molecule has 5 nitrogen and oxygen atoms in total. The number of carbonyl (C=O) groups is 1. The SMILES string of the molecule is CC(Sc1ncc(-c2ccccc2)n1CC1CCCO1)C(=O)NC1CCCCC1. The monoisotopic (exact) mass is 413 g/mol. The Morgan fingerprint density at radius 3 is 2.72 bits per heavy atom. The molecule has 0 spiro atoms. The number of ether oxygens (including phenoxy) is 1. The smallest absolute Gasteiger partial charge is 0.233 e. The molecule has 1 saturated heterocycles. The van der Waals surface area contributed by atoms with Crippen LogP contribution in [0.2, 0.25) is 0 Å². The molecule has 2 aliphatic rings. The molecule has 29 heavy (non-hydrogen) atoms. The van der Waals surface area contributed by atoms with Gasteiger partial charge in [-0.25, -0.2) is 4.98 Å². The number of benzene rings is 1. The van der Waals surface area contributed by atoms with Crippen molar-refractivity contribution in [3.8, 4) is 11.3 Å². The molecule has 2 atom stereocenters. The standard InChI is InChI=1S/C23H31N3O2S/c1-17(22(27)25-19-11-6-3-7-12-19)29-23-24-15-21(18-9-4-2-5-10-18)26(23)16-20-13-8-14-28-20/h2,4-5,9-10,15,17,19-20H,3,6-8,11-14,16H2,1H3,(H,25,27). The van der Waals surface area contributed by atoms with Gasteiger partial charge >= 0.3 is 0 Å². The van der Waals surface area contributed by atoms with Crippen molar-refractivity contribution in [1.82, 2.24) is 14.9 Å². The number of hydrogen-bond acceptors (Lipinski definition) is 4. The van der Waals surface area contributed by atoms with Gasteiger partial charge in [-0.1, -0.05) is 61.4 Å². The van der Waals surface area contributed by atoms with Gasteiger partial charge in [-0.15, -0.1) is 0 Å². The predicted molar refractivity (Wildman–Crippen MR) is 117 cm³/mol. The number of nitrogens with one attached hydrogen (secondary N) is 1. The minimum absolute atomic E-state index is 0.120. The molecule has 1 aromatic heterocycles. The molecular weight excluding hydrogens is 382 g/mol. The summed E-state index contributed by atoms with van der Waals surface area (Å²) in [7, 11) is 0. The van der Waals surface area contributed by atoms with Crippen LogP contribution >= 0.6 is 11.8 Å². The first-order chi connectivity index (χ1) is 14.2. The van der Waals surface area contributed by atoms with E-state index in [1.807, 2.05) is 31.3 Å². The molecule has 2 fully saturated rings. The van der Waals surface area contributed by atoms with Gasteiger partial charge in [-0.05, 0) is 38.2 Å². The highest BCUT2D eigenvalue weighted by Crippen LogP contribution is 2.30. The predicted octanol–water partition coefficient (Wildman–Crippen LogP) is 4.66. The Bertz CT molecular complexity index is 796. The van der Waals surface area contributed by atoms with Gasteiger partial charge in [0.15, 0.2) is 5.16 Å². The molecule has 1 amide bonds. The van der Waals surface area contributed by atoms with Crippen molar-refractivity contribution in [1.29, 1.82) is 0 Å². The largest absolute Gasteiger partial charge is 0.376 e. The quantitative estimate of drug-likeness (QED) is 0.671. The maximum atomic E-state index is 12.8. The van der Waals surface area contributed by atoms with E-state index in [0.717, 1.165) is 55.2 Å². The number of imidazole rings is 1. The maximum Gasteiger partial charge on any atom is 0.233 e. The highest BCUT2D eigenvalue weighted by Gasteiger charge is 2.25. The van der Waals surface area contributed by atoms with Crippen LogP contribution in [-0.4, -0.2) is 39.5 Å². The van der Waals surface area contributed by atoms with Crippen molar-refractivity contribution in [2.75, 3.05) is 6.61 Å². The second kappa shape index (κ2) is 9.81. The van der Waals surface area contributed by atoms with E-state index in [9.17, 15) is 4.79 Å². The Morgan fingerprint density at radius 2 is 2.00 bits per heavy atom. The molecule has 2 unspecified atom stereocenters. The molecule has 1 saturated carbocycles. The topological polar surface area (TPSA) is 56.2 Å². The summed E-state index contributed by atoms with van der Waals surface area (Å²) in [4.78, 5) is 17.4. The van der Waals surface area contributed by atoms with Crippen LogP contribution in [0.5, 0.6) is 0 Å². The van der Waals surface area contributed by atoms with E-state index in [-0.39, 0.29) is 17.3 Å². The summed E-state index contributed by atoms with van der Waals surface area (Å²) in [6.07, 6.45) is 10.3. The minimum atomic E-state index is -0.175. The van der Waals surface area contributed by atoms with Gasteiger partial charge in [0.05, 0.1) is 29.8 Å². The zero-order chi connectivity index (χ0) is 20.1. The number of hydrogen-bond donors (Lipinski definition) is 1. The number of nitrogens with zero attached hydrogens (tertiary/aromatic N) is 2. The fourth-order valence-corrected chi connectivity index (χ4v) is 5.14. The van der Waals surface area contributed by atoms with Crippen molar-refractivity contribution in [2.24, 2.45) is 0 Å². The fourth-order valence-electron chi connectivity index (χ4n) is 4.24. The molecule has 0 bridgehead atoms. The van der Waals surface area contributed by atoms with E-state index < -0.39 is 0 Å². The summed E-state index contributed by atoms with van der Waals surface area (Å²) in [6, 6.07) is 10.7. The number of thioether (sulfide) groups is 1. The van der Waals surface area contributed by atoms with Crippen LogP contribution < -0.4 is 5.32 Å². The molecule has 1 aliphatic carbocycles. The zero-order valence-corrected chi connectivity index (χ0v) is 18.0. The molecule has 6 heteroatoms. The second-order valence-corrected chi connectivity index (χ2v) is 9.45. The summed E-state index contributed by atoms with van der Waals surface area (Å²) in [5.41, 5.74) is 2.23. The number of aromatic nitrogens is 2. The van der Waals surface area contributed by atoms with Crippen LogP contribution in [0.3, 0.4) is 0 Å². The highest BCUT2D eigenvalue weighted by molar-refractivity contribution is 8.00. The van der Waals surface area contributed by atoms with Crippen molar-refractivity contribution >= 4 is 17.7 Å². The lowest BCUT2D eigenvalue weighted by Crippen LogP contribution is -2.40. The normalized spacial score (nSPS) is 21.2. The number of carbonyl (C=O) groups excluding carboxylic acids is 1. The number of rotatable bonds is 7. The molecule has 0 radical (unpaired) electrons. The van der Waals surface area contributed by atoms with Gasteiger partial charge in [-0.2, -0.15) is 0 Å². The van der Waals surface area contributed by atoms with E-state index >= 15 is 0 Å². The van der Waals surface area contributed by atoms with Gasteiger partial charge in [0, 0.05) is 12.6 Å². The summed E-state index contributed by atoms with van der Waals surface area (Å²) >= 11 is 1.55.